The normalized spacial score (nSPS) is 16.5. The van der Waals surface area contributed by atoms with Crippen LogP contribution in [0.2, 0.25) is 0 Å². The van der Waals surface area contributed by atoms with Gasteiger partial charge in [0.25, 0.3) is 5.91 Å². The lowest BCUT2D eigenvalue weighted by molar-refractivity contribution is -0.122. The van der Waals surface area contributed by atoms with Crippen molar-refractivity contribution >= 4 is 34.6 Å². The summed E-state index contributed by atoms with van der Waals surface area (Å²) in [6.45, 7) is 6.84. The second kappa shape index (κ2) is 9.49. The molecule has 0 radical (unpaired) electrons. The third kappa shape index (κ3) is 4.81. The second-order valence-electron chi connectivity index (χ2n) is 8.00. The Labute approximate surface area is 193 Å². The van der Waals surface area contributed by atoms with Crippen molar-refractivity contribution in [2.75, 3.05) is 7.11 Å². The number of hydrogen-bond donors (Lipinski definition) is 0. The van der Waals surface area contributed by atoms with Crippen molar-refractivity contribution in [2.45, 2.75) is 33.4 Å². The maximum absolute atomic E-state index is 13.4. The van der Waals surface area contributed by atoms with Crippen molar-refractivity contribution in [1.82, 2.24) is 9.47 Å². The number of aryl methyl sites for hydroxylation is 1. The van der Waals surface area contributed by atoms with Crippen LogP contribution < -0.4 is 4.74 Å². The van der Waals surface area contributed by atoms with E-state index < -0.39 is 0 Å². The van der Waals surface area contributed by atoms with Crippen molar-refractivity contribution < 1.29 is 9.53 Å². The van der Waals surface area contributed by atoms with Gasteiger partial charge in [0, 0.05) is 17.9 Å². The zero-order chi connectivity index (χ0) is 22.7. The van der Waals surface area contributed by atoms with E-state index in [1.165, 1.54) is 17.5 Å². The van der Waals surface area contributed by atoms with E-state index in [4.69, 9.17) is 9.73 Å². The molecule has 5 nitrogen and oxygen atoms in total. The molecule has 164 valence electrons. The van der Waals surface area contributed by atoms with Crippen LogP contribution in [0.3, 0.4) is 0 Å². The number of rotatable bonds is 6. The summed E-state index contributed by atoms with van der Waals surface area (Å²) in [5, 5.41) is 0.684. The van der Waals surface area contributed by atoms with Crippen molar-refractivity contribution in [2.24, 2.45) is 4.99 Å². The van der Waals surface area contributed by atoms with Crippen LogP contribution in [0.4, 0.5) is 5.69 Å². The molecule has 0 spiro atoms. The summed E-state index contributed by atoms with van der Waals surface area (Å²) in [5.41, 5.74) is 4.04. The predicted molar refractivity (Wildman–Crippen MR) is 132 cm³/mol. The molecule has 2 aromatic carbocycles. The third-order valence-electron chi connectivity index (χ3n) is 5.29. The minimum Gasteiger partial charge on any atom is -0.497 e. The second-order valence-corrected chi connectivity index (χ2v) is 9.00. The SMILES string of the molecule is COc1ccc(CN2C(=O)/C(=C\c3cc(C)n(C(C)C)c3)SC2=Nc2ccccc2)cc1. The van der Waals surface area contributed by atoms with Crippen LogP contribution in [-0.4, -0.2) is 27.7 Å². The Morgan fingerprint density at radius 1 is 1.09 bits per heavy atom. The van der Waals surface area contributed by atoms with E-state index in [1.807, 2.05) is 60.7 Å². The average molecular weight is 446 g/mol. The van der Waals surface area contributed by atoms with Crippen LogP contribution in [0.25, 0.3) is 6.08 Å². The van der Waals surface area contributed by atoms with Gasteiger partial charge < -0.3 is 9.30 Å². The summed E-state index contributed by atoms with van der Waals surface area (Å²) in [6.07, 6.45) is 4.06. The van der Waals surface area contributed by atoms with Gasteiger partial charge in [-0.15, -0.1) is 0 Å². The zero-order valence-electron chi connectivity index (χ0n) is 18.8. The highest BCUT2D eigenvalue weighted by Crippen LogP contribution is 2.35. The molecule has 2 heterocycles. The number of amidine groups is 1. The molecule has 0 saturated carbocycles. The number of ether oxygens (including phenoxy) is 1. The van der Waals surface area contributed by atoms with Crippen LogP contribution in [0, 0.1) is 6.92 Å². The molecular weight excluding hydrogens is 418 g/mol. The van der Waals surface area contributed by atoms with E-state index in [9.17, 15) is 4.79 Å². The Morgan fingerprint density at radius 2 is 1.81 bits per heavy atom. The number of aromatic nitrogens is 1. The monoisotopic (exact) mass is 445 g/mol. The first-order valence-electron chi connectivity index (χ1n) is 10.6. The number of nitrogens with zero attached hydrogens (tertiary/aromatic N) is 3. The smallest absolute Gasteiger partial charge is 0.267 e. The molecule has 1 amide bonds. The largest absolute Gasteiger partial charge is 0.497 e. The number of para-hydroxylation sites is 1. The van der Waals surface area contributed by atoms with Gasteiger partial charge in [0.1, 0.15) is 5.75 Å². The maximum atomic E-state index is 13.4. The summed E-state index contributed by atoms with van der Waals surface area (Å²) in [4.78, 5) is 20.6. The molecule has 0 aliphatic carbocycles. The fraction of sp³-hybridized carbons (Fsp3) is 0.231. The van der Waals surface area contributed by atoms with Gasteiger partial charge in [-0.2, -0.15) is 0 Å². The van der Waals surface area contributed by atoms with E-state index >= 15 is 0 Å². The van der Waals surface area contributed by atoms with Gasteiger partial charge in [-0.1, -0.05) is 30.3 Å². The van der Waals surface area contributed by atoms with Crippen molar-refractivity contribution in [3.05, 3.63) is 88.6 Å². The Balaban J connectivity index is 1.67. The summed E-state index contributed by atoms with van der Waals surface area (Å²) >= 11 is 1.42. The average Bonchev–Trinajstić information content (AvgIpc) is 3.30. The van der Waals surface area contributed by atoms with Gasteiger partial charge in [0.2, 0.25) is 0 Å². The molecule has 0 bridgehead atoms. The molecule has 1 saturated heterocycles. The fourth-order valence-electron chi connectivity index (χ4n) is 3.66. The van der Waals surface area contributed by atoms with Crippen LogP contribution >= 0.6 is 11.8 Å². The molecule has 1 fully saturated rings. The molecule has 32 heavy (non-hydrogen) atoms. The van der Waals surface area contributed by atoms with E-state index in [-0.39, 0.29) is 5.91 Å². The highest BCUT2D eigenvalue weighted by atomic mass is 32.2. The first kappa shape index (κ1) is 22.0. The number of methoxy groups -OCH3 is 1. The quantitative estimate of drug-likeness (QED) is 0.425. The van der Waals surface area contributed by atoms with Gasteiger partial charge in [0.15, 0.2) is 5.17 Å². The van der Waals surface area contributed by atoms with E-state index in [1.54, 1.807) is 12.0 Å². The van der Waals surface area contributed by atoms with Crippen LogP contribution in [0.5, 0.6) is 5.75 Å². The summed E-state index contributed by atoms with van der Waals surface area (Å²) in [6, 6.07) is 20.0. The number of carbonyl (C=O) groups is 1. The number of carbonyl (C=O) groups excluding carboxylic acids is 1. The van der Waals surface area contributed by atoms with Crippen LogP contribution in [0.1, 0.15) is 36.7 Å². The highest BCUT2D eigenvalue weighted by molar-refractivity contribution is 8.18. The molecule has 0 atom stereocenters. The van der Waals surface area contributed by atoms with Gasteiger partial charge in [-0.25, -0.2) is 4.99 Å². The molecular formula is C26H27N3O2S. The number of aliphatic imine (C=N–C) groups is 1. The van der Waals surface area contributed by atoms with E-state index in [2.05, 4.69) is 37.6 Å². The van der Waals surface area contributed by atoms with Gasteiger partial charge in [-0.3, -0.25) is 9.69 Å². The molecule has 1 aromatic heterocycles. The molecule has 1 aliphatic heterocycles. The van der Waals surface area contributed by atoms with Crippen molar-refractivity contribution in [1.29, 1.82) is 0 Å². The Kier molecular flexibility index (Phi) is 6.51. The molecule has 0 unspecified atom stereocenters. The fourth-order valence-corrected chi connectivity index (χ4v) is 4.66. The number of hydrogen-bond acceptors (Lipinski definition) is 4. The first-order valence-corrected chi connectivity index (χ1v) is 11.4. The number of thioether (sulfide) groups is 1. The minimum absolute atomic E-state index is 0.0320. The van der Waals surface area contributed by atoms with E-state index in [0.29, 0.717) is 22.7 Å². The number of benzene rings is 2. The highest BCUT2D eigenvalue weighted by Gasteiger charge is 2.33. The standard InChI is InChI=1S/C26H27N3O2S/c1-18(2)28-17-21(14-19(28)3)15-24-25(30)29(16-20-10-12-23(31-4)13-11-20)26(32-24)27-22-8-6-5-7-9-22/h5-15,17-18H,16H2,1-4H3/b24-15+,27-26?. The zero-order valence-corrected chi connectivity index (χ0v) is 19.6. The first-order chi connectivity index (χ1) is 15.4. The molecule has 0 N–H and O–H groups in total. The lowest BCUT2D eigenvalue weighted by atomic mass is 10.2. The Hall–Kier alpha value is -3.25. The topological polar surface area (TPSA) is 46.8 Å². The number of amides is 1. The lowest BCUT2D eigenvalue weighted by Crippen LogP contribution is -2.28. The Bertz CT molecular complexity index is 1160. The summed E-state index contributed by atoms with van der Waals surface area (Å²) < 4.78 is 7.47. The van der Waals surface area contributed by atoms with Crippen LogP contribution in [0.15, 0.2) is 76.8 Å². The van der Waals surface area contributed by atoms with Gasteiger partial charge in [-0.05, 0) is 80.1 Å². The van der Waals surface area contributed by atoms with Gasteiger partial charge in [0.05, 0.1) is 24.2 Å². The van der Waals surface area contributed by atoms with Crippen molar-refractivity contribution in [3.8, 4) is 5.75 Å². The molecule has 3 aromatic rings. The third-order valence-corrected chi connectivity index (χ3v) is 6.30. The van der Waals surface area contributed by atoms with Crippen molar-refractivity contribution in [3.63, 3.8) is 0 Å². The minimum atomic E-state index is -0.0320. The summed E-state index contributed by atoms with van der Waals surface area (Å²) in [7, 11) is 1.64. The maximum Gasteiger partial charge on any atom is 0.267 e. The van der Waals surface area contributed by atoms with Gasteiger partial charge >= 0.3 is 0 Å². The summed E-state index contributed by atoms with van der Waals surface area (Å²) in [5.74, 6) is 0.759. The molecule has 6 heteroatoms. The lowest BCUT2D eigenvalue weighted by Gasteiger charge is -2.16. The molecule has 4 rings (SSSR count). The Morgan fingerprint density at radius 3 is 2.44 bits per heavy atom. The van der Waals surface area contributed by atoms with E-state index in [0.717, 1.165) is 22.6 Å². The van der Waals surface area contributed by atoms with Crippen LogP contribution in [-0.2, 0) is 11.3 Å². The predicted octanol–water partition coefficient (Wildman–Crippen LogP) is 6.19. The molecule has 1 aliphatic rings.